The fourth-order valence-corrected chi connectivity index (χ4v) is 2.81. The Kier molecular flexibility index (Phi) is 4.40. The van der Waals surface area contributed by atoms with Crippen molar-refractivity contribution in [3.63, 3.8) is 0 Å². The Morgan fingerprint density at radius 1 is 1.29 bits per heavy atom. The highest BCUT2D eigenvalue weighted by molar-refractivity contribution is 7.09. The molecule has 0 unspecified atom stereocenters. The third-order valence-corrected chi connectivity index (χ3v) is 3.81. The maximum Gasteiger partial charge on any atom is 0.0972 e. The van der Waals surface area contributed by atoms with Crippen LogP contribution in [-0.2, 0) is 12.8 Å². The van der Waals surface area contributed by atoms with Gasteiger partial charge in [-0.25, -0.2) is 4.98 Å². The fourth-order valence-electron chi connectivity index (χ4n) is 1.49. The van der Waals surface area contributed by atoms with Gasteiger partial charge < -0.3 is 5.11 Å². The van der Waals surface area contributed by atoms with Gasteiger partial charge in [0.25, 0.3) is 0 Å². The van der Waals surface area contributed by atoms with Crippen molar-refractivity contribution < 1.29 is 5.11 Å². The molecule has 2 rings (SSSR count). The number of halogens is 2. The molecule has 90 valence electrons. The van der Waals surface area contributed by atoms with E-state index in [1.165, 1.54) is 0 Å². The average molecular weight is 288 g/mol. The Bertz CT molecular complexity index is 513. The summed E-state index contributed by atoms with van der Waals surface area (Å²) in [6.07, 6.45) is 1.30. The van der Waals surface area contributed by atoms with Crippen molar-refractivity contribution in [1.29, 1.82) is 0 Å². The normalized spacial score (nSPS) is 10.8. The number of aliphatic hydroxyl groups excluding tert-OH is 1. The van der Waals surface area contributed by atoms with Gasteiger partial charge in [-0.2, -0.15) is 0 Å². The zero-order valence-electron chi connectivity index (χ0n) is 8.99. The molecule has 2 aromatic rings. The summed E-state index contributed by atoms with van der Waals surface area (Å²) in [6.45, 7) is 0.130. The van der Waals surface area contributed by atoms with Gasteiger partial charge in [0.2, 0.25) is 0 Å². The maximum atomic E-state index is 8.82. The first-order valence-electron chi connectivity index (χ1n) is 5.17. The molecule has 0 radical (unpaired) electrons. The lowest BCUT2D eigenvalue weighted by molar-refractivity contribution is 0.298. The Hall–Kier alpha value is -0.610. The summed E-state index contributed by atoms with van der Waals surface area (Å²) in [7, 11) is 0. The number of aromatic nitrogens is 1. The highest BCUT2D eigenvalue weighted by atomic mass is 35.5. The second-order valence-electron chi connectivity index (χ2n) is 3.62. The van der Waals surface area contributed by atoms with Crippen LogP contribution in [0.25, 0.3) is 0 Å². The Labute approximate surface area is 114 Å². The van der Waals surface area contributed by atoms with E-state index in [1.54, 1.807) is 17.4 Å². The second-order valence-corrected chi connectivity index (χ2v) is 5.40. The van der Waals surface area contributed by atoms with Gasteiger partial charge >= 0.3 is 0 Å². The van der Waals surface area contributed by atoms with Crippen LogP contribution in [0.4, 0.5) is 0 Å². The number of benzene rings is 1. The lowest BCUT2D eigenvalue weighted by atomic mass is 10.1. The molecule has 0 fully saturated rings. The summed E-state index contributed by atoms with van der Waals surface area (Å²) in [5.74, 6) is 0. The van der Waals surface area contributed by atoms with Gasteiger partial charge in [-0.1, -0.05) is 29.3 Å². The Balaban J connectivity index is 2.13. The van der Waals surface area contributed by atoms with Crippen molar-refractivity contribution in [1.82, 2.24) is 4.98 Å². The Morgan fingerprint density at radius 2 is 2.12 bits per heavy atom. The molecule has 0 aliphatic carbocycles. The largest absolute Gasteiger partial charge is 0.396 e. The topological polar surface area (TPSA) is 33.1 Å². The van der Waals surface area contributed by atoms with E-state index in [9.17, 15) is 0 Å². The zero-order chi connectivity index (χ0) is 12.3. The molecular formula is C12H11Cl2NOS. The van der Waals surface area contributed by atoms with Crippen molar-refractivity contribution in [2.75, 3.05) is 6.61 Å². The fraction of sp³-hybridized carbons (Fsp3) is 0.250. The van der Waals surface area contributed by atoms with Crippen molar-refractivity contribution in [3.05, 3.63) is 49.9 Å². The lowest BCUT2D eigenvalue weighted by Gasteiger charge is -2.02. The summed E-state index contributed by atoms with van der Waals surface area (Å²) < 4.78 is 0. The van der Waals surface area contributed by atoms with E-state index < -0.39 is 0 Å². The van der Waals surface area contributed by atoms with Crippen LogP contribution in [0.2, 0.25) is 10.0 Å². The molecule has 1 N–H and O–H groups in total. The molecule has 0 bridgehead atoms. The van der Waals surface area contributed by atoms with Crippen LogP contribution in [0.15, 0.2) is 23.6 Å². The molecule has 0 spiro atoms. The number of aliphatic hydroxyl groups is 1. The first-order valence-corrected chi connectivity index (χ1v) is 6.80. The van der Waals surface area contributed by atoms with Crippen LogP contribution in [0, 0.1) is 0 Å². The number of nitrogens with zero attached hydrogens (tertiary/aromatic N) is 1. The SMILES string of the molecule is OCCc1csc(Cc2ccc(Cl)cc2Cl)n1. The summed E-state index contributed by atoms with van der Waals surface area (Å²) in [6, 6.07) is 5.48. The van der Waals surface area contributed by atoms with Crippen molar-refractivity contribution >= 4 is 34.5 Å². The van der Waals surface area contributed by atoms with Crippen molar-refractivity contribution in [2.24, 2.45) is 0 Å². The highest BCUT2D eigenvalue weighted by Crippen LogP contribution is 2.24. The van der Waals surface area contributed by atoms with Crippen LogP contribution >= 0.6 is 34.5 Å². The van der Waals surface area contributed by atoms with Gasteiger partial charge in [-0.3, -0.25) is 0 Å². The number of thiazole rings is 1. The Morgan fingerprint density at radius 3 is 2.82 bits per heavy atom. The van der Waals surface area contributed by atoms with Gasteiger partial charge in [0.1, 0.15) is 0 Å². The predicted octanol–water partition coefficient (Wildman–Crippen LogP) is 3.58. The van der Waals surface area contributed by atoms with E-state index in [-0.39, 0.29) is 6.61 Å². The van der Waals surface area contributed by atoms with E-state index >= 15 is 0 Å². The molecule has 2 nitrogen and oxygen atoms in total. The molecular weight excluding hydrogens is 277 g/mol. The molecule has 0 saturated carbocycles. The quantitative estimate of drug-likeness (QED) is 0.933. The molecule has 1 aromatic carbocycles. The molecule has 5 heteroatoms. The van der Waals surface area contributed by atoms with Gasteiger partial charge in [0.05, 0.1) is 10.7 Å². The van der Waals surface area contributed by atoms with Crippen LogP contribution in [0.3, 0.4) is 0 Å². The second kappa shape index (κ2) is 5.83. The molecule has 17 heavy (non-hydrogen) atoms. The van der Waals surface area contributed by atoms with E-state index in [0.29, 0.717) is 22.9 Å². The third-order valence-electron chi connectivity index (χ3n) is 2.32. The first-order chi connectivity index (χ1) is 8.19. The molecule has 0 saturated heterocycles. The minimum Gasteiger partial charge on any atom is -0.396 e. The number of hydrogen-bond donors (Lipinski definition) is 1. The highest BCUT2D eigenvalue weighted by Gasteiger charge is 2.06. The van der Waals surface area contributed by atoms with Gasteiger partial charge in [0.15, 0.2) is 0 Å². The summed E-state index contributed by atoms with van der Waals surface area (Å²) in [4.78, 5) is 4.43. The van der Waals surface area contributed by atoms with Crippen LogP contribution in [0.5, 0.6) is 0 Å². The molecule has 0 amide bonds. The number of hydrogen-bond acceptors (Lipinski definition) is 3. The molecule has 0 atom stereocenters. The van der Waals surface area contributed by atoms with E-state index in [0.717, 1.165) is 16.3 Å². The monoisotopic (exact) mass is 287 g/mol. The van der Waals surface area contributed by atoms with Crippen molar-refractivity contribution in [2.45, 2.75) is 12.8 Å². The van der Waals surface area contributed by atoms with Gasteiger partial charge in [-0.15, -0.1) is 11.3 Å². The summed E-state index contributed by atoms with van der Waals surface area (Å²) >= 11 is 13.5. The van der Waals surface area contributed by atoms with Gasteiger partial charge in [-0.05, 0) is 17.7 Å². The first kappa shape index (κ1) is 12.8. The average Bonchev–Trinajstić information content (AvgIpc) is 2.71. The minimum absolute atomic E-state index is 0.130. The smallest absolute Gasteiger partial charge is 0.0972 e. The van der Waals surface area contributed by atoms with E-state index in [1.807, 2.05) is 17.5 Å². The molecule has 1 aromatic heterocycles. The van der Waals surface area contributed by atoms with Crippen LogP contribution < -0.4 is 0 Å². The third kappa shape index (κ3) is 3.42. The standard InChI is InChI=1S/C12H11Cl2NOS/c13-9-2-1-8(11(14)6-9)5-12-15-10(3-4-16)7-17-12/h1-2,6-7,16H,3-5H2. The molecule has 0 aliphatic rings. The zero-order valence-corrected chi connectivity index (χ0v) is 11.3. The van der Waals surface area contributed by atoms with Crippen LogP contribution in [-0.4, -0.2) is 16.7 Å². The number of rotatable bonds is 4. The molecule has 0 aliphatic heterocycles. The van der Waals surface area contributed by atoms with Crippen LogP contribution in [0.1, 0.15) is 16.3 Å². The minimum atomic E-state index is 0.130. The summed E-state index contributed by atoms with van der Waals surface area (Å²) in [5, 5.41) is 13.1. The lowest BCUT2D eigenvalue weighted by Crippen LogP contribution is -1.93. The van der Waals surface area contributed by atoms with E-state index in [2.05, 4.69) is 4.98 Å². The summed E-state index contributed by atoms with van der Waals surface area (Å²) in [5.41, 5.74) is 1.94. The molecule has 1 heterocycles. The van der Waals surface area contributed by atoms with E-state index in [4.69, 9.17) is 28.3 Å². The van der Waals surface area contributed by atoms with Gasteiger partial charge in [0, 0.05) is 34.9 Å². The van der Waals surface area contributed by atoms with Crippen molar-refractivity contribution in [3.8, 4) is 0 Å². The maximum absolute atomic E-state index is 8.82. The predicted molar refractivity (Wildman–Crippen MR) is 72.2 cm³/mol.